The molecular formula is C18H18BrNO4. The van der Waals surface area contributed by atoms with E-state index >= 15 is 0 Å². The Kier molecular flexibility index (Phi) is 6.37. The van der Waals surface area contributed by atoms with Crippen LogP contribution in [0.25, 0.3) is 0 Å². The van der Waals surface area contributed by atoms with E-state index in [1.54, 1.807) is 48.5 Å². The molecule has 1 N–H and O–H groups in total. The predicted octanol–water partition coefficient (Wildman–Crippen LogP) is 4.03. The molecule has 0 aromatic heterocycles. The topological polar surface area (TPSA) is 64.6 Å². The van der Waals surface area contributed by atoms with Gasteiger partial charge >= 0.3 is 5.97 Å². The molecule has 24 heavy (non-hydrogen) atoms. The highest BCUT2D eigenvalue weighted by Gasteiger charge is 2.20. The van der Waals surface area contributed by atoms with E-state index in [-0.39, 0.29) is 0 Å². The summed E-state index contributed by atoms with van der Waals surface area (Å²) in [7, 11) is 0. The van der Waals surface area contributed by atoms with Crippen LogP contribution in [0.5, 0.6) is 5.75 Å². The average molecular weight is 392 g/mol. The summed E-state index contributed by atoms with van der Waals surface area (Å²) in [6.45, 7) is 4.00. The quantitative estimate of drug-likeness (QED) is 0.754. The molecule has 0 aliphatic heterocycles. The number of anilines is 1. The van der Waals surface area contributed by atoms with Crippen LogP contribution in [0.15, 0.2) is 53.0 Å². The predicted molar refractivity (Wildman–Crippen MR) is 95.3 cm³/mol. The van der Waals surface area contributed by atoms with Crippen molar-refractivity contribution in [1.82, 2.24) is 0 Å². The lowest BCUT2D eigenvalue weighted by atomic mass is 10.2. The second-order valence-electron chi connectivity index (χ2n) is 4.97. The Balaban J connectivity index is 1.94. The van der Waals surface area contributed by atoms with Gasteiger partial charge in [0, 0.05) is 10.2 Å². The van der Waals surface area contributed by atoms with E-state index in [1.807, 2.05) is 6.92 Å². The summed E-state index contributed by atoms with van der Waals surface area (Å²) in [5.74, 6) is -0.236. The summed E-state index contributed by atoms with van der Waals surface area (Å²) in [5.41, 5.74) is 0.977. The summed E-state index contributed by atoms with van der Waals surface area (Å²) in [5, 5.41) is 2.70. The number of rotatable bonds is 6. The van der Waals surface area contributed by atoms with Gasteiger partial charge in [-0.25, -0.2) is 4.79 Å². The first-order chi connectivity index (χ1) is 11.5. The zero-order valence-corrected chi connectivity index (χ0v) is 15.0. The van der Waals surface area contributed by atoms with Gasteiger partial charge in [-0.2, -0.15) is 0 Å². The molecule has 2 aromatic rings. The third kappa shape index (κ3) is 4.83. The van der Waals surface area contributed by atoms with Gasteiger partial charge < -0.3 is 14.8 Å². The minimum Gasteiger partial charge on any atom is -0.494 e. The number of ether oxygens (including phenoxy) is 2. The first-order valence-electron chi connectivity index (χ1n) is 7.50. The molecule has 0 spiro atoms. The first-order valence-corrected chi connectivity index (χ1v) is 8.29. The third-order valence-electron chi connectivity index (χ3n) is 3.18. The number of hydrogen-bond acceptors (Lipinski definition) is 4. The van der Waals surface area contributed by atoms with E-state index in [4.69, 9.17) is 9.47 Å². The Morgan fingerprint density at radius 3 is 2.42 bits per heavy atom. The lowest BCUT2D eigenvalue weighted by Crippen LogP contribution is -2.30. The van der Waals surface area contributed by atoms with Gasteiger partial charge in [-0.15, -0.1) is 0 Å². The zero-order valence-electron chi connectivity index (χ0n) is 13.4. The fourth-order valence-corrected chi connectivity index (χ4v) is 2.40. The van der Waals surface area contributed by atoms with Crippen molar-refractivity contribution < 1.29 is 19.1 Å². The van der Waals surface area contributed by atoms with Crippen molar-refractivity contribution in [2.24, 2.45) is 0 Å². The number of esters is 1. The van der Waals surface area contributed by atoms with Crippen molar-refractivity contribution in [2.45, 2.75) is 20.0 Å². The lowest BCUT2D eigenvalue weighted by Gasteiger charge is -2.14. The van der Waals surface area contributed by atoms with E-state index < -0.39 is 18.0 Å². The van der Waals surface area contributed by atoms with Crippen molar-refractivity contribution in [3.8, 4) is 5.75 Å². The molecule has 0 radical (unpaired) electrons. The highest BCUT2D eigenvalue weighted by atomic mass is 79.9. The second-order valence-corrected chi connectivity index (χ2v) is 5.83. The molecule has 1 atom stereocenters. The Hall–Kier alpha value is -2.34. The van der Waals surface area contributed by atoms with E-state index in [1.165, 1.54) is 6.92 Å². The fourth-order valence-electron chi connectivity index (χ4n) is 1.95. The van der Waals surface area contributed by atoms with Gasteiger partial charge in [0.15, 0.2) is 6.10 Å². The van der Waals surface area contributed by atoms with Crippen LogP contribution in [0.3, 0.4) is 0 Å². The third-order valence-corrected chi connectivity index (χ3v) is 3.87. The minimum absolute atomic E-state index is 0.373. The van der Waals surface area contributed by atoms with Crippen molar-refractivity contribution in [2.75, 3.05) is 11.9 Å². The number of benzene rings is 2. The molecule has 0 bridgehead atoms. The van der Waals surface area contributed by atoms with Crippen molar-refractivity contribution in [1.29, 1.82) is 0 Å². The SMILES string of the molecule is CCOc1ccc(NC(=O)C(C)OC(=O)c2ccccc2Br)cc1. The first kappa shape index (κ1) is 18.0. The van der Waals surface area contributed by atoms with Gasteiger partial charge in [-0.05, 0) is 66.2 Å². The molecule has 0 heterocycles. The summed E-state index contributed by atoms with van der Waals surface area (Å²) in [6, 6.07) is 13.9. The molecule has 0 saturated carbocycles. The number of hydrogen-bond donors (Lipinski definition) is 1. The van der Waals surface area contributed by atoms with Crippen LogP contribution in [0.2, 0.25) is 0 Å². The van der Waals surface area contributed by atoms with Gasteiger partial charge in [-0.3, -0.25) is 4.79 Å². The van der Waals surface area contributed by atoms with E-state index in [0.29, 0.717) is 22.3 Å². The second kappa shape index (κ2) is 8.49. The van der Waals surface area contributed by atoms with Gasteiger partial charge in [0.1, 0.15) is 5.75 Å². The molecule has 0 aliphatic carbocycles. The molecule has 0 saturated heterocycles. The van der Waals surface area contributed by atoms with Crippen LogP contribution in [0, 0.1) is 0 Å². The highest BCUT2D eigenvalue weighted by Crippen LogP contribution is 2.18. The molecule has 1 amide bonds. The Morgan fingerprint density at radius 2 is 1.79 bits per heavy atom. The number of nitrogens with one attached hydrogen (secondary N) is 1. The molecule has 0 aliphatic rings. The number of amides is 1. The van der Waals surface area contributed by atoms with Crippen LogP contribution >= 0.6 is 15.9 Å². The normalized spacial score (nSPS) is 11.5. The number of halogens is 1. The Bertz CT molecular complexity index is 715. The van der Waals surface area contributed by atoms with Gasteiger partial charge in [-0.1, -0.05) is 12.1 Å². The standard InChI is InChI=1S/C18H18BrNO4/c1-3-23-14-10-8-13(9-11-14)20-17(21)12(2)24-18(22)15-6-4-5-7-16(15)19/h4-12H,3H2,1-2H3,(H,20,21). The molecule has 0 fully saturated rings. The highest BCUT2D eigenvalue weighted by molar-refractivity contribution is 9.10. The monoisotopic (exact) mass is 391 g/mol. The summed E-state index contributed by atoms with van der Waals surface area (Å²) in [6.07, 6.45) is -0.920. The van der Waals surface area contributed by atoms with Crippen molar-refractivity contribution >= 4 is 33.5 Å². The zero-order chi connectivity index (χ0) is 17.5. The molecule has 126 valence electrons. The Labute approximate surface area is 149 Å². The molecule has 2 rings (SSSR count). The number of carbonyl (C=O) groups is 2. The maximum Gasteiger partial charge on any atom is 0.340 e. The molecule has 6 heteroatoms. The molecular weight excluding hydrogens is 374 g/mol. The van der Waals surface area contributed by atoms with Crippen molar-refractivity contribution in [3.05, 3.63) is 58.6 Å². The van der Waals surface area contributed by atoms with Crippen LogP contribution in [0.4, 0.5) is 5.69 Å². The fraction of sp³-hybridized carbons (Fsp3) is 0.222. The van der Waals surface area contributed by atoms with Crippen LogP contribution in [0.1, 0.15) is 24.2 Å². The largest absolute Gasteiger partial charge is 0.494 e. The van der Waals surface area contributed by atoms with E-state index in [2.05, 4.69) is 21.2 Å². The van der Waals surface area contributed by atoms with Gasteiger partial charge in [0.25, 0.3) is 5.91 Å². The molecule has 5 nitrogen and oxygen atoms in total. The number of carbonyl (C=O) groups excluding carboxylic acids is 2. The van der Waals surface area contributed by atoms with Crippen molar-refractivity contribution in [3.63, 3.8) is 0 Å². The minimum atomic E-state index is -0.920. The van der Waals surface area contributed by atoms with Crippen LogP contribution < -0.4 is 10.1 Å². The summed E-state index contributed by atoms with van der Waals surface area (Å²) < 4.78 is 11.2. The summed E-state index contributed by atoms with van der Waals surface area (Å²) in [4.78, 5) is 24.2. The summed E-state index contributed by atoms with van der Waals surface area (Å²) >= 11 is 3.28. The van der Waals surface area contributed by atoms with E-state index in [9.17, 15) is 9.59 Å². The van der Waals surface area contributed by atoms with Gasteiger partial charge in [0.2, 0.25) is 0 Å². The lowest BCUT2D eigenvalue weighted by molar-refractivity contribution is -0.123. The smallest absolute Gasteiger partial charge is 0.340 e. The van der Waals surface area contributed by atoms with Gasteiger partial charge in [0.05, 0.1) is 12.2 Å². The molecule has 2 aromatic carbocycles. The molecule has 1 unspecified atom stereocenters. The van der Waals surface area contributed by atoms with E-state index in [0.717, 1.165) is 5.75 Å². The maximum atomic E-state index is 12.1. The average Bonchev–Trinajstić information content (AvgIpc) is 2.57. The Morgan fingerprint density at radius 1 is 1.12 bits per heavy atom. The van der Waals surface area contributed by atoms with Crippen LogP contribution in [-0.2, 0) is 9.53 Å². The maximum absolute atomic E-state index is 12.1. The van der Waals surface area contributed by atoms with Crippen LogP contribution in [-0.4, -0.2) is 24.6 Å².